The molecule has 1 amide bonds. The van der Waals surface area contributed by atoms with Gasteiger partial charge in [0.1, 0.15) is 12.2 Å². The molecule has 0 atom stereocenters. The van der Waals surface area contributed by atoms with Crippen molar-refractivity contribution in [2.24, 2.45) is 5.73 Å². The third-order valence-electron chi connectivity index (χ3n) is 4.45. The number of aromatic nitrogens is 3. The highest BCUT2D eigenvalue weighted by molar-refractivity contribution is 5.93. The molecule has 2 aromatic heterocycles. The molecule has 32 heavy (non-hydrogen) atoms. The second kappa shape index (κ2) is 8.45. The van der Waals surface area contributed by atoms with Crippen LogP contribution in [0.2, 0.25) is 0 Å². The first-order valence-corrected chi connectivity index (χ1v) is 8.81. The number of alkyl halides is 3. The van der Waals surface area contributed by atoms with Gasteiger partial charge in [-0.2, -0.15) is 18.3 Å². The van der Waals surface area contributed by atoms with Crippen molar-refractivity contribution in [1.29, 1.82) is 0 Å². The van der Waals surface area contributed by atoms with Gasteiger partial charge in [0.2, 0.25) is 5.91 Å². The van der Waals surface area contributed by atoms with E-state index in [1.165, 1.54) is 19.1 Å². The van der Waals surface area contributed by atoms with Crippen LogP contribution in [0.15, 0.2) is 42.7 Å². The van der Waals surface area contributed by atoms with Gasteiger partial charge in [0.25, 0.3) is 5.69 Å². The number of ether oxygens (including phenoxy) is 1. The molecule has 2 heterocycles. The number of halogens is 3. The van der Waals surface area contributed by atoms with Crippen molar-refractivity contribution in [1.82, 2.24) is 14.8 Å². The molecule has 2 N–H and O–H groups in total. The number of nitrogens with two attached hydrogens (primary N) is 1. The number of nitro groups is 1. The van der Waals surface area contributed by atoms with Crippen molar-refractivity contribution in [3.05, 3.63) is 80.8 Å². The molecule has 0 fully saturated rings. The van der Waals surface area contributed by atoms with Crippen molar-refractivity contribution >= 4 is 17.6 Å². The Balaban J connectivity index is 1.78. The summed E-state index contributed by atoms with van der Waals surface area (Å²) in [5, 5.41) is 15.2. The zero-order chi connectivity index (χ0) is 23.6. The van der Waals surface area contributed by atoms with Gasteiger partial charge in [-0.05, 0) is 31.2 Å². The summed E-state index contributed by atoms with van der Waals surface area (Å²) in [6, 6.07) is 5.41. The van der Waals surface area contributed by atoms with Crippen molar-refractivity contribution in [2.45, 2.75) is 19.7 Å². The second-order valence-corrected chi connectivity index (χ2v) is 6.50. The minimum Gasteiger partial charge on any atom is -0.457 e. The fraction of sp³-hybridized carbons (Fsp3) is 0.158. The summed E-state index contributed by atoms with van der Waals surface area (Å²) in [5.74, 6) is -1.67. The van der Waals surface area contributed by atoms with Crippen molar-refractivity contribution in [2.75, 3.05) is 0 Å². The smallest absolute Gasteiger partial charge is 0.417 e. The van der Waals surface area contributed by atoms with Gasteiger partial charge in [-0.3, -0.25) is 14.9 Å². The summed E-state index contributed by atoms with van der Waals surface area (Å²) in [6.45, 7) is 1.00. The predicted octanol–water partition coefficient (Wildman–Crippen LogP) is 2.96. The van der Waals surface area contributed by atoms with Crippen LogP contribution in [0, 0.1) is 17.0 Å². The van der Waals surface area contributed by atoms with Crippen LogP contribution in [0.3, 0.4) is 0 Å². The number of pyridine rings is 1. The summed E-state index contributed by atoms with van der Waals surface area (Å²) in [7, 11) is 0. The van der Waals surface area contributed by atoms with Crippen LogP contribution in [0.25, 0.3) is 5.82 Å². The number of benzene rings is 1. The Hall–Kier alpha value is -4.29. The quantitative estimate of drug-likeness (QED) is 0.346. The van der Waals surface area contributed by atoms with Crippen LogP contribution >= 0.6 is 0 Å². The predicted molar refractivity (Wildman–Crippen MR) is 102 cm³/mol. The monoisotopic (exact) mass is 449 g/mol. The molecule has 0 saturated heterocycles. The summed E-state index contributed by atoms with van der Waals surface area (Å²) in [5.41, 5.74) is 3.91. The number of hydrogen-bond donors (Lipinski definition) is 1. The number of carbonyl (C=O) groups excluding carboxylic acids is 2. The third-order valence-corrected chi connectivity index (χ3v) is 4.45. The van der Waals surface area contributed by atoms with Crippen molar-refractivity contribution < 1.29 is 32.4 Å². The highest BCUT2D eigenvalue weighted by atomic mass is 19.4. The number of hydrogen-bond acceptors (Lipinski definition) is 7. The number of carbonyl (C=O) groups is 2. The lowest BCUT2D eigenvalue weighted by Crippen LogP contribution is -2.12. The number of amides is 1. The summed E-state index contributed by atoms with van der Waals surface area (Å²) in [4.78, 5) is 37.8. The number of rotatable bonds is 6. The van der Waals surface area contributed by atoms with E-state index in [2.05, 4.69) is 10.1 Å². The van der Waals surface area contributed by atoms with Gasteiger partial charge < -0.3 is 10.5 Å². The third kappa shape index (κ3) is 4.55. The van der Waals surface area contributed by atoms with Crippen LogP contribution in [-0.4, -0.2) is 31.6 Å². The Labute approximate surface area is 177 Å². The van der Waals surface area contributed by atoms with Gasteiger partial charge in [0, 0.05) is 17.8 Å². The van der Waals surface area contributed by atoms with E-state index in [0.717, 1.165) is 29.1 Å². The first-order valence-electron chi connectivity index (χ1n) is 8.81. The minimum atomic E-state index is -4.54. The maximum atomic E-state index is 12.7. The molecule has 3 aromatic rings. The molecule has 0 aliphatic carbocycles. The van der Waals surface area contributed by atoms with Crippen molar-refractivity contribution in [3.8, 4) is 5.82 Å². The van der Waals surface area contributed by atoms with E-state index in [0.29, 0.717) is 6.20 Å². The van der Waals surface area contributed by atoms with Gasteiger partial charge >= 0.3 is 12.1 Å². The summed E-state index contributed by atoms with van der Waals surface area (Å²) in [6.07, 6.45) is -2.76. The lowest BCUT2D eigenvalue weighted by atomic mass is 10.1. The molecule has 0 aliphatic rings. The summed E-state index contributed by atoms with van der Waals surface area (Å²) < 4.78 is 44.3. The van der Waals surface area contributed by atoms with E-state index in [1.807, 2.05) is 0 Å². The lowest BCUT2D eigenvalue weighted by molar-refractivity contribution is -0.385. The van der Waals surface area contributed by atoms with E-state index >= 15 is 0 Å². The standard InChI is InChI=1S/C19H14F3N5O5/c1-10-14(8-25-26(10)16-5-4-13(7-24-16)19(20,21)22)18(29)32-9-12-3-2-11(17(23)28)6-15(12)27(30)31/h2-8H,9H2,1H3,(H2,23,28). The zero-order valence-electron chi connectivity index (χ0n) is 16.3. The normalized spacial score (nSPS) is 11.2. The van der Waals surface area contributed by atoms with Crippen LogP contribution in [0.5, 0.6) is 0 Å². The molecule has 0 radical (unpaired) electrons. The lowest BCUT2D eigenvalue weighted by Gasteiger charge is -2.09. The van der Waals surface area contributed by atoms with Crippen LogP contribution in [-0.2, 0) is 17.5 Å². The maximum absolute atomic E-state index is 12.7. The molecule has 166 valence electrons. The molecule has 0 aliphatic heterocycles. The van der Waals surface area contributed by atoms with Gasteiger partial charge in [0.05, 0.1) is 27.9 Å². The molecule has 0 bridgehead atoms. The number of primary amides is 1. The molecule has 13 heteroatoms. The Kier molecular flexibility index (Phi) is 5.91. The highest BCUT2D eigenvalue weighted by Gasteiger charge is 2.31. The Morgan fingerprint density at radius 3 is 2.50 bits per heavy atom. The second-order valence-electron chi connectivity index (χ2n) is 6.50. The van der Waals surface area contributed by atoms with Gasteiger partial charge in [-0.15, -0.1) is 0 Å². The first-order chi connectivity index (χ1) is 15.0. The Bertz CT molecular complexity index is 1210. The van der Waals surface area contributed by atoms with E-state index in [4.69, 9.17) is 10.5 Å². The average molecular weight is 449 g/mol. The number of esters is 1. The van der Waals surface area contributed by atoms with Crippen molar-refractivity contribution in [3.63, 3.8) is 0 Å². The molecule has 0 spiro atoms. The first kappa shape index (κ1) is 22.4. The average Bonchev–Trinajstić information content (AvgIpc) is 3.12. The molecule has 0 saturated carbocycles. The number of nitro benzene ring substituents is 1. The molecular formula is C19H14F3N5O5. The van der Waals surface area contributed by atoms with E-state index in [1.54, 1.807) is 0 Å². The molecular weight excluding hydrogens is 435 g/mol. The van der Waals surface area contributed by atoms with E-state index < -0.39 is 40.8 Å². The fourth-order valence-electron chi connectivity index (χ4n) is 2.75. The highest BCUT2D eigenvalue weighted by Crippen LogP contribution is 2.29. The Morgan fingerprint density at radius 2 is 1.94 bits per heavy atom. The Morgan fingerprint density at radius 1 is 1.22 bits per heavy atom. The number of nitrogens with zero attached hydrogens (tertiary/aromatic N) is 4. The van der Waals surface area contributed by atoms with Crippen LogP contribution < -0.4 is 5.73 Å². The molecule has 0 unspecified atom stereocenters. The van der Waals surface area contributed by atoms with Gasteiger partial charge in [0.15, 0.2) is 5.82 Å². The van der Waals surface area contributed by atoms with E-state index in [9.17, 15) is 32.9 Å². The van der Waals surface area contributed by atoms with Gasteiger partial charge in [-0.25, -0.2) is 14.5 Å². The molecule has 1 aromatic carbocycles. The summed E-state index contributed by atoms with van der Waals surface area (Å²) >= 11 is 0. The zero-order valence-corrected chi connectivity index (χ0v) is 16.3. The van der Waals surface area contributed by atoms with Gasteiger partial charge in [-0.1, -0.05) is 0 Å². The minimum absolute atomic E-state index is 0.0110. The fourth-order valence-corrected chi connectivity index (χ4v) is 2.75. The topological polar surface area (TPSA) is 143 Å². The molecule has 10 nitrogen and oxygen atoms in total. The maximum Gasteiger partial charge on any atom is 0.417 e. The van der Waals surface area contributed by atoms with Crippen LogP contribution in [0.4, 0.5) is 18.9 Å². The largest absolute Gasteiger partial charge is 0.457 e. The van der Waals surface area contributed by atoms with Crippen LogP contribution in [0.1, 0.15) is 37.5 Å². The van der Waals surface area contributed by atoms with E-state index in [-0.39, 0.29) is 28.2 Å². The SMILES string of the molecule is Cc1c(C(=O)OCc2ccc(C(N)=O)cc2[N+](=O)[O-])cnn1-c1ccc(C(F)(F)F)cn1. The molecule has 3 rings (SSSR count).